The monoisotopic (exact) mass is 466 g/mol. The van der Waals surface area contributed by atoms with Crippen LogP contribution in [0.2, 0.25) is 0 Å². The van der Waals surface area contributed by atoms with Crippen molar-refractivity contribution in [1.82, 2.24) is 10.2 Å². The van der Waals surface area contributed by atoms with Crippen LogP contribution in [0.3, 0.4) is 0 Å². The predicted octanol–water partition coefficient (Wildman–Crippen LogP) is 2.78. The van der Waals surface area contributed by atoms with Gasteiger partial charge in [-0.3, -0.25) is 14.4 Å². The van der Waals surface area contributed by atoms with Gasteiger partial charge >= 0.3 is 0 Å². The van der Waals surface area contributed by atoms with Crippen LogP contribution in [0, 0.1) is 0 Å². The molecule has 2 amide bonds. The minimum absolute atomic E-state index is 0.0261. The number of ketones is 1. The Kier molecular flexibility index (Phi) is 7.05. The standard InChI is InChI=1S/C26H30N2O6/c1-18(29)28-13-10-26(11-14-28)16-22(30)21-8-7-20(15-24(21)34-26)33-17-25(31)27-12-9-19-5-3-4-6-23(19)32-2/h3-8,15H,9-14,16-17H2,1-2H3,(H,27,31). The van der Waals surface area contributed by atoms with Crippen LogP contribution in [0.4, 0.5) is 0 Å². The third-order valence-corrected chi connectivity index (χ3v) is 6.46. The first-order valence-corrected chi connectivity index (χ1v) is 11.5. The summed E-state index contributed by atoms with van der Waals surface area (Å²) in [4.78, 5) is 38.4. The summed E-state index contributed by atoms with van der Waals surface area (Å²) in [5.41, 5.74) is 0.948. The van der Waals surface area contributed by atoms with Crippen LogP contribution in [-0.4, -0.2) is 61.4 Å². The number of carbonyl (C=O) groups is 3. The Hall–Kier alpha value is -3.55. The maximum Gasteiger partial charge on any atom is 0.257 e. The van der Waals surface area contributed by atoms with E-state index in [4.69, 9.17) is 14.2 Å². The molecule has 1 saturated heterocycles. The van der Waals surface area contributed by atoms with E-state index in [2.05, 4.69) is 5.32 Å². The van der Waals surface area contributed by atoms with Crippen molar-refractivity contribution in [3.63, 3.8) is 0 Å². The summed E-state index contributed by atoms with van der Waals surface area (Å²) in [6.07, 6.45) is 2.17. The number of rotatable bonds is 7. The fourth-order valence-corrected chi connectivity index (χ4v) is 4.52. The van der Waals surface area contributed by atoms with Crippen LogP contribution < -0.4 is 19.5 Å². The summed E-state index contributed by atoms with van der Waals surface area (Å²) in [5, 5.41) is 2.84. The summed E-state index contributed by atoms with van der Waals surface area (Å²) >= 11 is 0. The van der Waals surface area contributed by atoms with Crippen molar-refractivity contribution in [3.05, 3.63) is 53.6 Å². The molecule has 1 fully saturated rings. The largest absolute Gasteiger partial charge is 0.496 e. The van der Waals surface area contributed by atoms with Gasteiger partial charge in [0.25, 0.3) is 5.91 Å². The molecule has 4 rings (SSSR count). The number of likely N-dealkylation sites (tertiary alicyclic amines) is 1. The van der Waals surface area contributed by atoms with Crippen LogP contribution in [0.25, 0.3) is 0 Å². The topological polar surface area (TPSA) is 94.2 Å². The summed E-state index contributed by atoms with van der Waals surface area (Å²) in [6.45, 7) is 3.02. The van der Waals surface area contributed by atoms with Gasteiger partial charge in [0, 0.05) is 45.5 Å². The summed E-state index contributed by atoms with van der Waals surface area (Å²) < 4.78 is 17.3. The lowest BCUT2D eigenvalue weighted by Crippen LogP contribution is -2.51. The molecule has 0 atom stereocenters. The number of carbonyl (C=O) groups excluding carboxylic acids is 3. The quantitative estimate of drug-likeness (QED) is 0.675. The molecule has 2 aromatic rings. The van der Waals surface area contributed by atoms with Gasteiger partial charge in [-0.15, -0.1) is 0 Å². The van der Waals surface area contributed by atoms with E-state index in [1.165, 1.54) is 0 Å². The molecule has 0 aromatic heterocycles. The highest BCUT2D eigenvalue weighted by molar-refractivity contribution is 6.00. The molecule has 2 heterocycles. The van der Waals surface area contributed by atoms with E-state index in [9.17, 15) is 14.4 Å². The van der Waals surface area contributed by atoms with E-state index in [-0.39, 0.29) is 24.2 Å². The lowest BCUT2D eigenvalue weighted by molar-refractivity contribution is -0.132. The van der Waals surface area contributed by atoms with Crippen molar-refractivity contribution >= 4 is 17.6 Å². The number of hydrogen-bond donors (Lipinski definition) is 1. The second-order valence-electron chi connectivity index (χ2n) is 8.75. The normalized spacial score (nSPS) is 16.4. The summed E-state index contributed by atoms with van der Waals surface area (Å²) in [5.74, 6) is 1.55. The van der Waals surface area contributed by atoms with Crippen LogP contribution in [0.5, 0.6) is 17.2 Å². The third-order valence-electron chi connectivity index (χ3n) is 6.46. The minimum atomic E-state index is -0.593. The van der Waals surface area contributed by atoms with Gasteiger partial charge in [-0.25, -0.2) is 0 Å². The Balaban J connectivity index is 1.31. The van der Waals surface area contributed by atoms with Crippen molar-refractivity contribution in [2.75, 3.05) is 33.4 Å². The third kappa shape index (κ3) is 5.32. The van der Waals surface area contributed by atoms with Crippen LogP contribution in [-0.2, 0) is 16.0 Å². The molecule has 0 saturated carbocycles. The number of fused-ring (bicyclic) bond motifs is 1. The zero-order valence-corrected chi connectivity index (χ0v) is 19.6. The molecule has 0 aliphatic carbocycles. The number of ether oxygens (including phenoxy) is 3. The zero-order chi connectivity index (χ0) is 24.1. The summed E-state index contributed by atoms with van der Waals surface area (Å²) in [7, 11) is 1.62. The molecular weight excluding hydrogens is 436 g/mol. The van der Waals surface area contributed by atoms with Gasteiger partial charge < -0.3 is 24.4 Å². The number of para-hydroxylation sites is 1. The van der Waals surface area contributed by atoms with E-state index >= 15 is 0 Å². The zero-order valence-electron chi connectivity index (χ0n) is 19.6. The first-order valence-electron chi connectivity index (χ1n) is 11.5. The van der Waals surface area contributed by atoms with Gasteiger partial charge in [0.2, 0.25) is 5.91 Å². The van der Waals surface area contributed by atoms with Crippen molar-refractivity contribution in [2.24, 2.45) is 0 Å². The van der Waals surface area contributed by atoms with Gasteiger partial charge in [-0.05, 0) is 30.2 Å². The maximum atomic E-state index is 12.8. The smallest absolute Gasteiger partial charge is 0.257 e. The number of piperidine rings is 1. The minimum Gasteiger partial charge on any atom is -0.496 e. The van der Waals surface area contributed by atoms with Crippen molar-refractivity contribution in [1.29, 1.82) is 0 Å². The Labute approximate surface area is 199 Å². The molecule has 0 bridgehead atoms. The van der Waals surface area contributed by atoms with Gasteiger partial charge in [-0.2, -0.15) is 0 Å². The van der Waals surface area contributed by atoms with Crippen LogP contribution in [0.1, 0.15) is 42.1 Å². The van der Waals surface area contributed by atoms with Crippen molar-refractivity contribution < 1.29 is 28.6 Å². The van der Waals surface area contributed by atoms with Crippen LogP contribution >= 0.6 is 0 Å². The van der Waals surface area contributed by atoms with E-state index in [1.54, 1.807) is 37.1 Å². The number of methoxy groups -OCH3 is 1. The fraction of sp³-hybridized carbons (Fsp3) is 0.423. The van der Waals surface area contributed by atoms with E-state index in [0.717, 1.165) is 11.3 Å². The van der Waals surface area contributed by atoms with Gasteiger partial charge in [-0.1, -0.05) is 18.2 Å². The highest BCUT2D eigenvalue weighted by Gasteiger charge is 2.43. The highest BCUT2D eigenvalue weighted by atomic mass is 16.5. The molecule has 1 spiro atoms. The van der Waals surface area contributed by atoms with Gasteiger partial charge in [0.1, 0.15) is 22.8 Å². The number of nitrogens with one attached hydrogen (secondary N) is 1. The average molecular weight is 467 g/mol. The van der Waals surface area contributed by atoms with Gasteiger partial charge in [0.15, 0.2) is 12.4 Å². The predicted molar refractivity (Wildman–Crippen MR) is 125 cm³/mol. The molecular formula is C26H30N2O6. The lowest BCUT2D eigenvalue weighted by Gasteiger charge is -2.43. The maximum absolute atomic E-state index is 12.8. The molecule has 2 aliphatic heterocycles. The molecule has 0 unspecified atom stereocenters. The molecule has 8 nitrogen and oxygen atoms in total. The Morgan fingerprint density at radius 3 is 2.65 bits per heavy atom. The SMILES string of the molecule is COc1ccccc1CCNC(=O)COc1ccc2c(c1)OC1(CCN(C(C)=O)CC1)CC2=O. The number of nitrogens with zero attached hydrogens (tertiary/aromatic N) is 1. The molecule has 2 aromatic carbocycles. The number of Topliss-reactive ketones (excluding diaryl/α,β-unsaturated/α-hetero) is 1. The first-order chi connectivity index (χ1) is 16.4. The molecule has 8 heteroatoms. The Morgan fingerprint density at radius 2 is 1.91 bits per heavy atom. The second kappa shape index (κ2) is 10.2. The molecule has 0 radical (unpaired) electrons. The Morgan fingerprint density at radius 1 is 1.15 bits per heavy atom. The van der Waals surface area contributed by atoms with E-state index in [1.807, 2.05) is 24.3 Å². The molecule has 1 N–H and O–H groups in total. The van der Waals surface area contributed by atoms with Gasteiger partial charge in [0.05, 0.1) is 19.1 Å². The van der Waals surface area contributed by atoms with Crippen molar-refractivity contribution in [3.8, 4) is 17.2 Å². The molecule has 180 valence electrons. The highest BCUT2D eigenvalue weighted by Crippen LogP contribution is 2.40. The fourth-order valence-electron chi connectivity index (χ4n) is 4.52. The Bertz CT molecular complexity index is 1070. The molecule has 2 aliphatic rings. The van der Waals surface area contributed by atoms with Crippen molar-refractivity contribution in [2.45, 2.75) is 38.2 Å². The summed E-state index contributed by atoms with van der Waals surface area (Å²) in [6, 6.07) is 12.7. The second-order valence-corrected chi connectivity index (χ2v) is 8.75. The number of hydrogen-bond acceptors (Lipinski definition) is 6. The average Bonchev–Trinajstić information content (AvgIpc) is 2.83. The first kappa shape index (κ1) is 23.6. The number of amides is 2. The lowest BCUT2D eigenvalue weighted by atomic mass is 9.82. The van der Waals surface area contributed by atoms with E-state index in [0.29, 0.717) is 62.4 Å². The number of benzene rings is 2. The molecule has 34 heavy (non-hydrogen) atoms. The van der Waals surface area contributed by atoms with E-state index < -0.39 is 5.60 Å². The van der Waals surface area contributed by atoms with Crippen LogP contribution in [0.15, 0.2) is 42.5 Å².